The highest BCUT2D eigenvalue weighted by Gasteiger charge is 2.22. The zero-order valence-corrected chi connectivity index (χ0v) is 19.5. The minimum atomic E-state index is -0.475. The zero-order chi connectivity index (χ0) is 24.2. The van der Waals surface area contributed by atoms with Gasteiger partial charge < -0.3 is 14.2 Å². The van der Waals surface area contributed by atoms with Crippen LogP contribution in [-0.4, -0.2) is 30.9 Å². The smallest absolute Gasteiger partial charge is 0.266 e. The Morgan fingerprint density at radius 3 is 2.38 bits per heavy atom. The number of ether oxygens (including phenoxy) is 3. The van der Waals surface area contributed by atoms with Gasteiger partial charge in [-0.15, -0.1) is 0 Å². The molecule has 4 aromatic rings. The molecule has 1 heterocycles. The average Bonchev–Trinajstić information content (AvgIpc) is 2.86. The Morgan fingerprint density at radius 2 is 1.76 bits per heavy atom. The monoisotopic (exact) mass is 477 g/mol. The second-order valence-electron chi connectivity index (χ2n) is 7.15. The summed E-state index contributed by atoms with van der Waals surface area (Å²) in [6.07, 6.45) is 0. The van der Waals surface area contributed by atoms with E-state index in [0.29, 0.717) is 39.2 Å². The summed E-state index contributed by atoms with van der Waals surface area (Å²) in [7, 11) is 4.39. The van der Waals surface area contributed by atoms with Gasteiger partial charge in [0.25, 0.3) is 5.56 Å². The third kappa shape index (κ3) is 4.28. The quantitative estimate of drug-likeness (QED) is 0.281. The number of nitriles is 1. The first-order valence-corrected chi connectivity index (χ1v) is 11.1. The van der Waals surface area contributed by atoms with Crippen LogP contribution < -0.4 is 19.8 Å². The molecule has 4 rings (SSSR count). The van der Waals surface area contributed by atoms with E-state index >= 15 is 0 Å². The van der Waals surface area contributed by atoms with Gasteiger partial charge in [0.05, 0.1) is 44.0 Å². The predicted molar refractivity (Wildman–Crippen MR) is 128 cm³/mol. The minimum absolute atomic E-state index is 0.237. The Labute approximate surface area is 199 Å². The summed E-state index contributed by atoms with van der Waals surface area (Å²) < 4.78 is 31.8. The van der Waals surface area contributed by atoms with E-state index in [0.717, 1.165) is 5.56 Å². The fourth-order valence-electron chi connectivity index (χ4n) is 3.53. The normalized spacial score (nSPS) is 10.7. The molecule has 7 nitrogen and oxygen atoms in total. The van der Waals surface area contributed by atoms with Crippen LogP contribution in [0.1, 0.15) is 11.1 Å². The zero-order valence-electron chi connectivity index (χ0n) is 18.7. The van der Waals surface area contributed by atoms with Crippen LogP contribution in [0.4, 0.5) is 4.39 Å². The van der Waals surface area contributed by atoms with Crippen LogP contribution in [0.5, 0.6) is 17.2 Å². The van der Waals surface area contributed by atoms with Gasteiger partial charge in [0.2, 0.25) is 5.75 Å². The van der Waals surface area contributed by atoms with Crippen molar-refractivity contribution in [2.75, 3.05) is 21.3 Å². The van der Waals surface area contributed by atoms with Crippen LogP contribution in [-0.2, 0) is 5.75 Å². The fraction of sp³-hybridized carbons (Fsp3) is 0.160. The molecule has 1 aromatic heterocycles. The van der Waals surface area contributed by atoms with Gasteiger partial charge in [0.1, 0.15) is 11.3 Å². The molecule has 0 saturated carbocycles. The molecule has 3 aromatic carbocycles. The summed E-state index contributed by atoms with van der Waals surface area (Å²) in [6, 6.07) is 16.5. The van der Waals surface area contributed by atoms with Crippen molar-refractivity contribution in [3.63, 3.8) is 0 Å². The third-order valence-electron chi connectivity index (χ3n) is 5.15. The number of hydrogen-bond donors (Lipinski definition) is 0. The van der Waals surface area contributed by atoms with Gasteiger partial charge >= 0.3 is 0 Å². The summed E-state index contributed by atoms with van der Waals surface area (Å²) in [4.78, 5) is 18.4. The van der Waals surface area contributed by atoms with Crippen molar-refractivity contribution in [2.24, 2.45) is 0 Å². The van der Waals surface area contributed by atoms with Crippen LogP contribution >= 0.6 is 11.8 Å². The number of halogens is 1. The van der Waals surface area contributed by atoms with E-state index in [4.69, 9.17) is 24.5 Å². The van der Waals surface area contributed by atoms with E-state index in [1.165, 1.54) is 61.9 Å². The molecule has 0 N–H and O–H groups in total. The highest BCUT2D eigenvalue weighted by molar-refractivity contribution is 7.98. The standard InChI is InChI=1S/C25H20FN3O4S/c1-31-20-12-19-21(23(33-3)22(20)32-2)28-25(34-14-16-9-7-15(13-27)8-10-16)29(24(19)30)18-6-4-5-17(26)11-18/h4-12H,14H2,1-3H3. The molecule has 0 fully saturated rings. The van der Waals surface area contributed by atoms with Crippen LogP contribution in [0, 0.1) is 17.1 Å². The molecule has 0 aliphatic carbocycles. The van der Waals surface area contributed by atoms with E-state index in [2.05, 4.69) is 6.07 Å². The summed E-state index contributed by atoms with van der Waals surface area (Å²) in [6.45, 7) is 0. The molecule has 0 unspecified atom stereocenters. The molecule has 0 spiro atoms. The molecule has 0 saturated heterocycles. The predicted octanol–water partition coefficient (Wildman–Crippen LogP) is 4.71. The topological polar surface area (TPSA) is 86.4 Å². The van der Waals surface area contributed by atoms with Gasteiger partial charge in [-0.25, -0.2) is 9.37 Å². The van der Waals surface area contributed by atoms with E-state index < -0.39 is 11.4 Å². The van der Waals surface area contributed by atoms with Crippen LogP contribution in [0.2, 0.25) is 0 Å². The largest absolute Gasteiger partial charge is 0.493 e. The summed E-state index contributed by atoms with van der Waals surface area (Å²) in [5.74, 6) is 0.887. The third-order valence-corrected chi connectivity index (χ3v) is 6.16. The van der Waals surface area contributed by atoms with Crippen molar-refractivity contribution in [2.45, 2.75) is 10.9 Å². The lowest BCUT2D eigenvalue weighted by Gasteiger charge is -2.17. The first-order valence-electron chi connectivity index (χ1n) is 10.1. The minimum Gasteiger partial charge on any atom is -0.493 e. The van der Waals surface area contributed by atoms with Crippen molar-refractivity contribution in [3.05, 3.63) is 81.9 Å². The lowest BCUT2D eigenvalue weighted by molar-refractivity contribution is 0.326. The maximum Gasteiger partial charge on any atom is 0.266 e. The molecule has 0 amide bonds. The van der Waals surface area contributed by atoms with Crippen LogP contribution in [0.3, 0.4) is 0 Å². The lowest BCUT2D eigenvalue weighted by atomic mass is 10.2. The molecule has 9 heteroatoms. The van der Waals surface area contributed by atoms with Gasteiger partial charge in [-0.05, 0) is 42.0 Å². The Kier molecular flexibility index (Phi) is 6.70. The van der Waals surface area contributed by atoms with Crippen molar-refractivity contribution in [1.82, 2.24) is 9.55 Å². The highest BCUT2D eigenvalue weighted by atomic mass is 32.2. The van der Waals surface area contributed by atoms with Crippen molar-refractivity contribution in [3.8, 4) is 29.0 Å². The maximum absolute atomic E-state index is 14.1. The summed E-state index contributed by atoms with van der Waals surface area (Å²) in [5.41, 5.74) is 1.73. The average molecular weight is 478 g/mol. The van der Waals surface area contributed by atoms with Crippen molar-refractivity contribution >= 4 is 22.7 Å². The van der Waals surface area contributed by atoms with Gasteiger partial charge in [0, 0.05) is 5.75 Å². The molecule has 0 atom stereocenters. The lowest BCUT2D eigenvalue weighted by Crippen LogP contribution is -2.22. The Bertz CT molecular complexity index is 1460. The van der Waals surface area contributed by atoms with Gasteiger partial charge in [0.15, 0.2) is 16.7 Å². The number of fused-ring (bicyclic) bond motifs is 1. The second kappa shape index (κ2) is 9.85. The van der Waals surface area contributed by atoms with Crippen molar-refractivity contribution in [1.29, 1.82) is 5.26 Å². The first-order chi connectivity index (χ1) is 16.5. The molecule has 34 heavy (non-hydrogen) atoms. The summed E-state index contributed by atoms with van der Waals surface area (Å²) in [5, 5.41) is 9.60. The Balaban J connectivity index is 1.94. The van der Waals surface area contributed by atoms with Gasteiger partial charge in [-0.3, -0.25) is 9.36 Å². The van der Waals surface area contributed by atoms with E-state index in [1.807, 2.05) is 12.1 Å². The van der Waals surface area contributed by atoms with Gasteiger partial charge in [-0.2, -0.15) is 5.26 Å². The molecule has 0 radical (unpaired) electrons. The molecular formula is C25H20FN3O4S. The van der Waals surface area contributed by atoms with Crippen molar-refractivity contribution < 1.29 is 18.6 Å². The van der Waals surface area contributed by atoms with Crippen LogP contribution in [0.25, 0.3) is 16.6 Å². The van der Waals surface area contributed by atoms with E-state index in [1.54, 1.807) is 18.2 Å². The molecule has 0 aliphatic heterocycles. The van der Waals surface area contributed by atoms with E-state index in [-0.39, 0.29) is 11.1 Å². The fourth-order valence-corrected chi connectivity index (χ4v) is 4.49. The van der Waals surface area contributed by atoms with Crippen LogP contribution in [0.15, 0.2) is 64.5 Å². The number of rotatable bonds is 7. The SMILES string of the molecule is COc1cc2c(=O)n(-c3cccc(F)c3)c(SCc3ccc(C#N)cc3)nc2c(OC)c1OC. The first kappa shape index (κ1) is 23.1. The molecular weight excluding hydrogens is 457 g/mol. The van der Waals surface area contributed by atoms with E-state index in [9.17, 15) is 9.18 Å². The maximum atomic E-state index is 14.1. The number of nitrogens with zero attached hydrogens (tertiary/aromatic N) is 3. The molecule has 0 bridgehead atoms. The Hall–Kier alpha value is -4.03. The second-order valence-corrected chi connectivity index (χ2v) is 8.10. The number of benzene rings is 3. The number of thioether (sulfide) groups is 1. The molecule has 0 aliphatic rings. The summed E-state index contributed by atoms with van der Waals surface area (Å²) >= 11 is 1.30. The molecule has 172 valence electrons. The number of aromatic nitrogens is 2. The number of hydrogen-bond acceptors (Lipinski definition) is 7. The number of methoxy groups -OCH3 is 3. The van der Waals surface area contributed by atoms with Gasteiger partial charge in [-0.1, -0.05) is 30.0 Å². The Morgan fingerprint density at radius 1 is 1.03 bits per heavy atom. The highest BCUT2D eigenvalue weighted by Crippen LogP contribution is 2.42.